The second-order valence-corrected chi connectivity index (χ2v) is 4.00. The van der Waals surface area contributed by atoms with Gasteiger partial charge >= 0.3 is 0 Å². The number of benzene rings is 1. The zero-order valence-electron chi connectivity index (χ0n) is 8.29. The Kier molecular flexibility index (Phi) is 2.21. The van der Waals surface area contributed by atoms with Crippen LogP contribution in [0.5, 0.6) is 5.75 Å². The minimum Gasteiger partial charge on any atom is -0.493 e. The molecule has 0 saturated heterocycles. The summed E-state index contributed by atoms with van der Waals surface area (Å²) < 4.78 is 5.44. The van der Waals surface area contributed by atoms with Crippen molar-refractivity contribution < 1.29 is 9.84 Å². The van der Waals surface area contributed by atoms with Gasteiger partial charge in [-0.05, 0) is 24.1 Å². The molecule has 1 aromatic rings. The van der Waals surface area contributed by atoms with Crippen molar-refractivity contribution >= 4 is 0 Å². The fraction of sp³-hybridized carbons (Fsp3) is 0.455. The topological polar surface area (TPSA) is 55.5 Å². The summed E-state index contributed by atoms with van der Waals surface area (Å²) in [7, 11) is 0. The molecule has 1 heterocycles. The van der Waals surface area contributed by atoms with Crippen molar-refractivity contribution in [2.45, 2.75) is 18.9 Å². The van der Waals surface area contributed by atoms with Gasteiger partial charge in [-0.1, -0.05) is 12.1 Å². The van der Waals surface area contributed by atoms with Gasteiger partial charge in [0.15, 0.2) is 0 Å². The molecule has 0 fully saturated rings. The SMILES string of the molecule is C[C@](N)(CO)c1ccc2c(c1)OCC2. The first kappa shape index (κ1) is 9.49. The average Bonchev–Trinajstić information content (AvgIpc) is 2.64. The van der Waals surface area contributed by atoms with Crippen molar-refractivity contribution in [2.24, 2.45) is 5.73 Å². The average molecular weight is 193 g/mol. The van der Waals surface area contributed by atoms with E-state index in [4.69, 9.17) is 15.6 Å². The van der Waals surface area contributed by atoms with Crippen LogP contribution in [-0.2, 0) is 12.0 Å². The van der Waals surface area contributed by atoms with Crippen molar-refractivity contribution in [1.82, 2.24) is 0 Å². The van der Waals surface area contributed by atoms with Crippen molar-refractivity contribution in [3.8, 4) is 5.75 Å². The van der Waals surface area contributed by atoms with E-state index >= 15 is 0 Å². The Morgan fingerprint density at radius 1 is 1.57 bits per heavy atom. The van der Waals surface area contributed by atoms with Crippen LogP contribution in [-0.4, -0.2) is 18.3 Å². The molecule has 1 aliphatic heterocycles. The highest BCUT2D eigenvalue weighted by Crippen LogP contribution is 2.29. The molecule has 0 aliphatic carbocycles. The Morgan fingerprint density at radius 2 is 2.36 bits per heavy atom. The molecule has 2 rings (SSSR count). The van der Waals surface area contributed by atoms with Gasteiger partial charge in [-0.3, -0.25) is 0 Å². The van der Waals surface area contributed by atoms with E-state index < -0.39 is 5.54 Å². The highest BCUT2D eigenvalue weighted by atomic mass is 16.5. The molecule has 1 aliphatic rings. The van der Waals surface area contributed by atoms with Gasteiger partial charge < -0.3 is 15.6 Å². The van der Waals surface area contributed by atoms with E-state index in [9.17, 15) is 0 Å². The Balaban J connectivity index is 2.38. The number of hydrogen-bond donors (Lipinski definition) is 2. The van der Waals surface area contributed by atoms with Gasteiger partial charge in [0.2, 0.25) is 0 Å². The van der Waals surface area contributed by atoms with Crippen LogP contribution >= 0.6 is 0 Å². The molecule has 0 saturated carbocycles. The van der Waals surface area contributed by atoms with Gasteiger partial charge in [-0.25, -0.2) is 0 Å². The lowest BCUT2D eigenvalue weighted by Crippen LogP contribution is -2.36. The van der Waals surface area contributed by atoms with E-state index in [2.05, 4.69) is 0 Å². The summed E-state index contributed by atoms with van der Waals surface area (Å²) in [4.78, 5) is 0. The first-order chi connectivity index (χ1) is 6.63. The third-order valence-electron chi connectivity index (χ3n) is 2.68. The number of aliphatic hydroxyl groups excluding tert-OH is 1. The Morgan fingerprint density at radius 3 is 3.07 bits per heavy atom. The Hall–Kier alpha value is -1.06. The molecule has 1 aromatic carbocycles. The lowest BCUT2D eigenvalue weighted by molar-refractivity contribution is 0.209. The number of ether oxygens (including phenoxy) is 1. The van der Waals surface area contributed by atoms with Gasteiger partial charge in [-0.15, -0.1) is 0 Å². The summed E-state index contributed by atoms with van der Waals surface area (Å²) in [5.41, 5.74) is 7.39. The van der Waals surface area contributed by atoms with E-state index in [0.29, 0.717) is 0 Å². The first-order valence-corrected chi connectivity index (χ1v) is 4.79. The van der Waals surface area contributed by atoms with E-state index in [1.54, 1.807) is 0 Å². The molecule has 0 amide bonds. The number of nitrogens with two attached hydrogens (primary N) is 1. The van der Waals surface area contributed by atoms with Gasteiger partial charge in [0.05, 0.1) is 18.8 Å². The van der Waals surface area contributed by atoms with Crippen LogP contribution in [0.1, 0.15) is 18.1 Å². The second-order valence-electron chi connectivity index (χ2n) is 4.00. The van der Waals surface area contributed by atoms with Crippen molar-refractivity contribution in [1.29, 1.82) is 0 Å². The van der Waals surface area contributed by atoms with E-state index in [-0.39, 0.29) is 6.61 Å². The predicted octanol–water partition coefficient (Wildman–Crippen LogP) is 0.788. The van der Waals surface area contributed by atoms with Crippen molar-refractivity contribution in [2.75, 3.05) is 13.2 Å². The molecule has 1 atom stereocenters. The van der Waals surface area contributed by atoms with Gasteiger partial charge in [0.1, 0.15) is 5.75 Å². The van der Waals surface area contributed by atoms with E-state index in [1.807, 2.05) is 25.1 Å². The van der Waals surface area contributed by atoms with Crippen molar-refractivity contribution in [3.63, 3.8) is 0 Å². The maximum atomic E-state index is 9.13. The molecule has 0 spiro atoms. The number of rotatable bonds is 2. The molecular formula is C11H15NO2. The van der Waals surface area contributed by atoms with Gasteiger partial charge in [0, 0.05) is 6.42 Å². The number of aliphatic hydroxyl groups is 1. The summed E-state index contributed by atoms with van der Waals surface area (Å²) >= 11 is 0. The Labute approximate surface area is 83.5 Å². The number of hydrogen-bond acceptors (Lipinski definition) is 3. The summed E-state index contributed by atoms with van der Waals surface area (Å²) in [6.45, 7) is 2.49. The summed E-state index contributed by atoms with van der Waals surface area (Å²) in [6.07, 6.45) is 0.968. The highest BCUT2D eigenvalue weighted by Gasteiger charge is 2.22. The summed E-state index contributed by atoms with van der Waals surface area (Å²) in [5, 5.41) is 9.13. The quantitative estimate of drug-likeness (QED) is 0.730. The molecule has 0 aromatic heterocycles. The summed E-state index contributed by atoms with van der Waals surface area (Å²) in [6, 6.07) is 5.92. The summed E-state index contributed by atoms with van der Waals surface area (Å²) in [5.74, 6) is 0.910. The van der Waals surface area contributed by atoms with Crippen LogP contribution in [0, 0.1) is 0 Å². The van der Waals surface area contributed by atoms with Crippen LogP contribution in [0.2, 0.25) is 0 Å². The van der Waals surface area contributed by atoms with Gasteiger partial charge in [-0.2, -0.15) is 0 Å². The molecule has 0 radical (unpaired) electrons. The van der Waals surface area contributed by atoms with Gasteiger partial charge in [0.25, 0.3) is 0 Å². The molecule has 3 heteroatoms. The third-order valence-corrected chi connectivity index (χ3v) is 2.68. The van der Waals surface area contributed by atoms with Crippen LogP contribution in [0.15, 0.2) is 18.2 Å². The molecule has 0 bridgehead atoms. The number of fused-ring (bicyclic) bond motifs is 1. The molecule has 3 nitrogen and oxygen atoms in total. The third kappa shape index (κ3) is 1.49. The van der Waals surface area contributed by atoms with E-state index in [1.165, 1.54) is 5.56 Å². The zero-order chi connectivity index (χ0) is 10.2. The normalized spacial score (nSPS) is 18.5. The fourth-order valence-electron chi connectivity index (χ4n) is 1.61. The van der Waals surface area contributed by atoms with Crippen LogP contribution < -0.4 is 10.5 Å². The second kappa shape index (κ2) is 3.26. The lowest BCUT2D eigenvalue weighted by atomic mass is 9.93. The standard InChI is InChI=1S/C11H15NO2/c1-11(12,7-13)9-3-2-8-4-5-14-10(8)6-9/h2-3,6,13H,4-5,7,12H2,1H3/t11-/m0/s1. The van der Waals surface area contributed by atoms with Crippen molar-refractivity contribution in [3.05, 3.63) is 29.3 Å². The highest BCUT2D eigenvalue weighted by molar-refractivity contribution is 5.42. The van der Waals surface area contributed by atoms with Crippen LogP contribution in [0.4, 0.5) is 0 Å². The lowest BCUT2D eigenvalue weighted by Gasteiger charge is -2.22. The minimum atomic E-state index is -0.680. The maximum Gasteiger partial charge on any atom is 0.122 e. The monoisotopic (exact) mass is 193 g/mol. The fourth-order valence-corrected chi connectivity index (χ4v) is 1.61. The molecule has 3 N–H and O–H groups in total. The minimum absolute atomic E-state index is 0.0637. The predicted molar refractivity (Wildman–Crippen MR) is 54.3 cm³/mol. The smallest absolute Gasteiger partial charge is 0.122 e. The zero-order valence-corrected chi connectivity index (χ0v) is 8.29. The maximum absolute atomic E-state index is 9.13. The molecule has 76 valence electrons. The Bertz CT molecular complexity index is 347. The van der Waals surface area contributed by atoms with Crippen LogP contribution in [0.25, 0.3) is 0 Å². The largest absolute Gasteiger partial charge is 0.493 e. The first-order valence-electron chi connectivity index (χ1n) is 4.79. The molecule has 14 heavy (non-hydrogen) atoms. The van der Waals surface area contributed by atoms with Crippen LogP contribution in [0.3, 0.4) is 0 Å². The molecular weight excluding hydrogens is 178 g/mol. The molecule has 0 unspecified atom stereocenters. The van der Waals surface area contributed by atoms with E-state index in [0.717, 1.165) is 24.3 Å².